The lowest BCUT2D eigenvalue weighted by Crippen LogP contribution is -1.96. The van der Waals surface area contributed by atoms with Crippen LogP contribution in [0.5, 0.6) is 0 Å². The topological polar surface area (TPSA) is 49.7 Å². The first-order valence-electron chi connectivity index (χ1n) is 5.39. The molecule has 0 aliphatic carbocycles. The van der Waals surface area contributed by atoms with Gasteiger partial charge in [-0.3, -0.25) is 4.99 Å². The molecule has 96 valence electrons. The molecular formula is C14H9Cl2NO2. The van der Waals surface area contributed by atoms with Crippen LogP contribution in [0.3, 0.4) is 0 Å². The highest BCUT2D eigenvalue weighted by atomic mass is 35.5. The van der Waals surface area contributed by atoms with Gasteiger partial charge in [0.1, 0.15) is 0 Å². The van der Waals surface area contributed by atoms with E-state index in [2.05, 4.69) is 4.99 Å². The molecular weight excluding hydrogens is 285 g/mol. The van der Waals surface area contributed by atoms with Gasteiger partial charge in [-0.15, -0.1) is 0 Å². The molecule has 0 aliphatic heterocycles. The fourth-order valence-electron chi connectivity index (χ4n) is 1.48. The fourth-order valence-corrected chi connectivity index (χ4v) is 1.94. The SMILES string of the molecule is O=C(O)c1cccc(/C=N\c2ccc(Cl)cc2Cl)c1. The second-order valence-corrected chi connectivity index (χ2v) is 4.63. The zero-order valence-corrected chi connectivity index (χ0v) is 11.2. The van der Waals surface area contributed by atoms with E-state index in [9.17, 15) is 4.79 Å². The lowest BCUT2D eigenvalue weighted by Gasteiger charge is -1.99. The summed E-state index contributed by atoms with van der Waals surface area (Å²) in [6.45, 7) is 0. The van der Waals surface area contributed by atoms with E-state index in [-0.39, 0.29) is 5.56 Å². The van der Waals surface area contributed by atoms with Crippen molar-refractivity contribution >= 4 is 41.1 Å². The number of aliphatic imine (C=N–C) groups is 1. The van der Waals surface area contributed by atoms with E-state index in [0.717, 1.165) is 0 Å². The molecule has 0 atom stereocenters. The van der Waals surface area contributed by atoms with Crippen molar-refractivity contribution in [3.8, 4) is 0 Å². The highest BCUT2D eigenvalue weighted by Gasteiger charge is 2.02. The minimum atomic E-state index is -0.972. The van der Waals surface area contributed by atoms with Crippen LogP contribution in [0, 0.1) is 0 Å². The van der Waals surface area contributed by atoms with Gasteiger partial charge in [0.2, 0.25) is 0 Å². The number of carbonyl (C=O) groups is 1. The van der Waals surface area contributed by atoms with E-state index < -0.39 is 5.97 Å². The molecule has 0 saturated heterocycles. The Balaban J connectivity index is 2.27. The van der Waals surface area contributed by atoms with Gasteiger partial charge in [0.15, 0.2) is 0 Å². The molecule has 0 aliphatic rings. The Morgan fingerprint density at radius 1 is 1.16 bits per heavy atom. The van der Waals surface area contributed by atoms with Gasteiger partial charge in [-0.1, -0.05) is 35.3 Å². The van der Waals surface area contributed by atoms with E-state index in [1.165, 1.54) is 12.1 Å². The predicted molar refractivity (Wildman–Crippen MR) is 77.1 cm³/mol. The number of aromatic carboxylic acids is 1. The first-order chi connectivity index (χ1) is 9.06. The molecule has 1 N–H and O–H groups in total. The average Bonchev–Trinajstić information content (AvgIpc) is 2.38. The minimum Gasteiger partial charge on any atom is -0.478 e. The smallest absolute Gasteiger partial charge is 0.335 e. The number of hydrogen-bond acceptors (Lipinski definition) is 2. The summed E-state index contributed by atoms with van der Waals surface area (Å²) in [4.78, 5) is 15.0. The summed E-state index contributed by atoms with van der Waals surface area (Å²) in [5, 5.41) is 9.87. The molecule has 0 fully saturated rings. The molecule has 0 amide bonds. The van der Waals surface area contributed by atoms with Crippen molar-refractivity contribution in [2.24, 2.45) is 4.99 Å². The summed E-state index contributed by atoms with van der Waals surface area (Å²) < 4.78 is 0. The second kappa shape index (κ2) is 5.87. The second-order valence-electron chi connectivity index (χ2n) is 3.78. The predicted octanol–water partition coefficient (Wildman–Crippen LogP) is 4.44. The van der Waals surface area contributed by atoms with Crippen LogP contribution in [-0.2, 0) is 0 Å². The van der Waals surface area contributed by atoms with Gasteiger partial charge < -0.3 is 5.11 Å². The molecule has 0 radical (unpaired) electrons. The molecule has 2 aromatic rings. The van der Waals surface area contributed by atoms with Crippen molar-refractivity contribution in [2.75, 3.05) is 0 Å². The Bertz CT molecular complexity index is 654. The van der Waals surface area contributed by atoms with Crippen LogP contribution in [0.15, 0.2) is 47.5 Å². The Morgan fingerprint density at radius 2 is 1.95 bits per heavy atom. The van der Waals surface area contributed by atoms with Crippen molar-refractivity contribution in [2.45, 2.75) is 0 Å². The van der Waals surface area contributed by atoms with Crippen LogP contribution < -0.4 is 0 Å². The van der Waals surface area contributed by atoms with E-state index in [0.29, 0.717) is 21.3 Å². The Labute approximate surface area is 120 Å². The standard InChI is InChI=1S/C14H9Cl2NO2/c15-11-4-5-13(12(16)7-11)17-8-9-2-1-3-10(6-9)14(18)19/h1-8H,(H,18,19)/b17-8-. The lowest BCUT2D eigenvalue weighted by molar-refractivity contribution is 0.0697. The van der Waals surface area contributed by atoms with Crippen LogP contribution in [0.1, 0.15) is 15.9 Å². The zero-order valence-electron chi connectivity index (χ0n) is 9.68. The van der Waals surface area contributed by atoms with Crippen molar-refractivity contribution in [3.63, 3.8) is 0 Å². The Morgan fingerprint density at radius 3 is 2.63 bits per heavy atom. The quantitative estimate of drug-likeness (QED) is 0.851. The third kappa shape index (κ3) is 3.56. The third-order valence-corrected chi connectivity index (χ3v) is 2.93. The highest BCUT2D eigenvalue weighted by Crippen LogP contribution is 2.27. The number of nitrogens with zero attached hydrogens (tertiary/aromatic N) is 1. The fraction of sp³-hybridized carbons (Fsp3) is 0. The molecule has 2 rings (SSSR count). The summed E-state index contributed by atoms with van der Waals surface area (Å²) in [5.41, 5.74) is 1.48. The molecule has 0 aromatic heterocycles. The van der Waals surface area contributed by atoms with E-state index in [1.54, 1.807) is 36.5 Å². The van der Waals surface area contributed by atoms with Crippen LogP contribution in [-0.4, -0.2) is 17.3 Å². The first kappa shape index (κ1) is 13.6. The van der Waals surface area contributed by atoms with Gasteiger partial charge >= 0.3 is 5.97 Å². The molecule has 3 nitrogen and oxygen atoms in total. The van der Waals surface area contributed by atoms with Crippen LogP contribution in [0.25, 0.3) is 0 Å². The average molecular weight is 294 g/mol. The van der Waals surface area contributed by atoms with E-state index in [1.807, 2.05) is 0 Å². The Kier molecular flexibility index (Phi) is 4.20. The highest BCUT2D eigenvalue weighted by molar-refractivity contribution is 6.36. The summed E-state index contributed by atoms with van der Waals surface area (Å²) in [6.07, 6.45) is 1.56. The van der Waals surface area contributed by atoms with Crippen molar-refractivity contribution in [1.82, 2.24) is 0 Å². The monoisotopic (exact) mass is 293 g/mol. The summed E-state index contributed by atoms with van der Waals surface area (Å²) in [6, 6.07) is 11.5. The van der Waals surface area contributed by atoms with Gasteiger partial charge in [0.05, 0.1) is 16.3 Å². The molecule has 2 aromatic carbocycles. The van der Waals surface area contributed by atoms with Crippen LogP contribution in [0.2, 0.25) is 10.0 Å². The number of rotatable bonds is 3. The van der Waals surface area contributed by atoms with Gasteiger partial charge in [-0.05, 0) is 35.9 Å². The lowest BCUT2D eigenvalue weighted by atomic mass is 10.1. The zero-order chi connectivity index (χ0) is 13.8. The van der Waals surface area contributed by atoms with Crippen molar-refractivity contribution in [3.05, 3.63) is 63.6 Å². The Hall–Kier alpha value is -1.84. The molecule has 0 spiro atoms. The van der Waals surface area contributed by atoms with E-state index in [4.69, 9.17) is 28.3 Å². The van der Waals surface area contributed by atoms with Gasteiger partial charge in [-0.2, -0.15) is 0 Å². The normalized spacial score (nSPS) is 10.8. The van der Waals surface area contributed by atoms with Gasteiger partial charge in [0.25, 0.3) is 0 Å². The number of carboxylic acid groups (broad SMARTS) is 1. The third-order valence-electron chi connectivity index (χ3n) is 2.40. The number of hydrogen-bond donors (Lipinski definition) is 1. The molecule has 0 unspecified atom stereocenters. The minimum absolute atomic E-state index is 0.214. The van der Waals surface area contributed by atoms with Crippen molar-refractivity contribution in [1.29, 1.82) is 0 Å². The molecule has 19 heavy (non-hydrogen) atoms. The summed E-state index contributed by atoms with van der Waals surface area (Å²) in [5.74, 6) is -0.972. The summed E-state index contributed by atoms with van der Waals surface area (Å²) >= 11 is 11.8. The number of benzene rings is 2. The molecule has 5 heteroatoms. The maximum absolute atomic E-state index is 10.8. The summed E-state index contributed by atoms with van der Waals surface area (Å²) in [7, 11) is 0. The molecule has 0 saturated carbocycles. The molecule has 0 heterocycles. The van der Waals surface area contributed by atoms with Crippen LogP contribution in [0.4, 0.5) is 5.69 Å². The van der Waals surface area contributed by atoms with Crippen molar-refractivity contribution < 1.29 is 9.90 Å². The number of halogens is 2. The first-order valence-corrected chi connectivity index (χ1v) is 6.14. The van der Waals surface area contributed by atoms with Gasteiger partial charge in [-0.25, -0.2) is 4.79 Å². The van der Waals surface area contributed by atoms with Gasteiger partial charge in [0, 0.05) is 11.2 Å². The molecule has 0 bridgehead atoms. The maximum atomic E-state index is 10.8. The van der Waals surface area contributed by atoms with E-state index >= 15 is 0 Å². The largest absolute Gasteiger partial charge is 0.478 e. The van der Waals surface area contributed by atoms with Crippen LogP contribution >= 0.6 is 23.2 Å². The number of carboxylic acids is 1. The maximum Gasteiger partial charge on any atom is 0.335 e.